The number of hydrogen-bond donors (Lipinski definition) is 3. The van der Waals surface area contributed by atoms with Crippen LogP contribution in [-0.2, 0) is 9.30 Å². The lowest BCUT2D eigenvalue weighted by Gasteiger charge is -1.93. The van der Waals surface area contributed by atoms with Crippen molar-refractivity contribution in [1.29, 1.82) is 0 Å². The van der Waals surface area contributed by atoms with Gasteiger partial charge in [-0.2, -0.15) is 0 Å². The van der Waals surface area contributed by atoms with Gasteiger partial charge in [-0.3, -0.25) is 4.57 Å². The second-order valence-corrected chi connectivity index (χ2v) is 4.27. The van der Waals surface area contributed by atoms with Gasteiger partial charge in [0, 0.05) is 12.4 Å². The van der Waals surface area contributed by atoms with Crippen LogP contribution in [0.2, 0.25) is 0 Å². The number of aromatic nitrogens is 2. The Hall–Kier alpha value is -0.680. The van der Waals surface area contributed by atoms with Crippen molar-refractivity contribution >= 4 is 7.60 Å². The maximum absolute atomic E-state index is 10.2. The van der Waals surface area contributed by atoms with Crippen LogP contribution in [0, 0.1) is 0 Å². The molecule has 0 aromatic carbocycles. The molecular formula is C6H11N2O4P. The Morgan fingerprint density at radius 1 is 1.62 bits per heavy atom. The summed E-state index contributed by atoms with van der Waals surface area (Å²) in [5.74, 6) is -0.817. The number of aromatic amines is 1. The smallest absolute Gasteiger partial charge is 0.356 e. The summed E-state index contributed by atoms with van der Waals surface area (Å²) in [5, 5.41) is 0. The predicted molar refractivity (Wildman–Crippen MR) is 45.0 cm³/mol. The predicted octanol–water partition coefficient (Wildman–Crippen LogP) is 0.319. The molecule has 2 heterocycles. The Morgan fingerprint density at radius 2 is 2.23 bits per heavy atom. The molecule has 1 aromatic heterocycles. The molecule has 3 N–H and O–H groups in total. The van der Waals surface area contributed by atoms with Crippen molar-refractivity contribution in [3.05, 3.63) is 18.7 Å². The Balaban J connectivity index is 0.000000145. The molecule has 1 aliphatic rings. The molecule has 2 atom stereocenters. The van der Waals surface area contributed by atoms with Gasteiger partial charge in [0.15, 0.2) is 5.85 Å². The van der Waals surface area contributed by atoms with E-state index in [-0.39, 0.29) is 6.10 Å². The van der Waals surface area contributed by atoms with Crippen molar-refractivity contribution in [2.45, 2.75) is 18.9 Å². The Morgan fingerprint density at radius 3 is 2.31 bits per heavy atom. The van der Waals surface area contributed by atoms with Gasteiger partial charge in [0.1, 0.15) is 0 Å². The third-order valence-corrected chi connectivity index (χ3v) is 2.62. The highest BCUT2D eigenvalue weighted by Gasteiger charge is 2.48. The second kappa shape index (κ2) is 4.02. The average molecular weight is 206 g/mol. The van der Waals surface area contributed by atoms with E-state index in [0.29, 0.717) is 0 Å². The fourth-order valence-electron chi connectivity index (χ4n) is 0.742. The number of nitrogens with one attached hydrogen (secondary N) is 1. The number of H-pyrrole nitrogens is 1. The van der Waals surface area contributed by atoms with Crippen LogP contribution >= 0.6 is 7.60 Å². The molecule has 0 radical (unpaired) electrons. The highest BCUT2D eigenvalue weighted by atomic mass is 31.2. The Bertz CT molecular complexity index is 266. The minimum atomic E-state index is -3.90. The van der Waals surface area contributed by atoms with E-state index in [4.69, 9.17) is 9.79 Å². The third-order valence-electron chi connectivity index (χ3n) is 1.42. The highest BCUT2D eigenvalue weighted by molar-refractivity contribution is 7.52. The van der Waals surface area contributed by atoms with Crippen molar-refractivity contribution in [2.75, 3.05) is 0 Å². The topological polar surface area (TPSA) is 98.7 Å². The van der Waals surface area contributed by atoms with Gasteiger partial charge < -0.3 is 19.5 Å². The fraction of sp³-hybridized carbons (Fsp3) is 0.500. The lowest BCUT2D eigenvalue weighted by molar-refractivity contribution is 0.333. The molecular weight excluding hydrogens is 195 g/mol. The summed E-state index contributed by atoms with van der Waals surface area (Å²) in [7, 11) is -3.90. The van der Waals surface area contributed by atoms with E-state index in [1.807, 2.05) is 0 Å². The number of ether oxygens (including phenoxy) is 1. The second-order valence-electron chi connectivity index (χ2n) is 2.58. The maximum Gasteiger partial charge on any atom is 0.356 e. The number of rotatable bonds is 1. The van der Waals surface area contributed by atoms with Crippen LogP contribution in [-0.4, -0.2) is 31.7 Å². The summed E-state index contributed by atoms with van der Waals surface area (Å²) in [6.45, 7) is 1.63. The van der Waals surface area contributed by atoms with Crippen LogP contribution in [0.5, 0.6) is 0 Å². The van der Waals surface area contributed by atoms with Crippen molar-refractivity contribution in [1.82, 2.24) is 9.97 Å². The zero-order valence-corrected chi connectivity index (χ0v) is 7.89. The first-order valence-corrected chi connectivity index (χ1v) is 5.33. The summed E-state index contributed by atoms with van der Waals surface area (Å²) in [6.07, 6.45) is 4.83. The zero-order valence-electron chi connectivity index (χ0n) is 6.99. The van der Waals surface area contributed by atoms with Gasteiger partial charge in [-0.25, -0.2) is 4.98 Å². The highest BCUT2D eigenvalue weighted by Crippen LogP contribution is 2.52. The third kappa shape index (κ3) is 3.69. The number of hydrogen-bond acceptors (Lipinski definition) is 3. The van der Waals surface area contributed by atoms with Crippen LogP contribution in [0.1, 0.15) is 6.92 Å². The number of nitrogens with zero attached hydrogens (tertiary/aromatic N) is 1. The first-order chi connectivity index (χ1) is 6.02. The van der Waals surface area contributed by atoms with Crippen molar-refractivity contribution in [3.8, 4) is 0 Å². The summed E-state index contributed by atoms with van der Waals surface area (Å²) in [4.78, 5) is 23.0. The van der Waals surface area contributed by atoms with Gasteiger partial charge in [0.25, 0.3) is 0 Å². The van der Waals surface area contributed by atoms with E-state index < -0.39 is 13.4 Å². The molecule has 1 saturated heterocycles. The zero-order chi connectivity index (χ0) is 9.90. The molecule has 6 nitrogen and oxygen atoms in total. The van der Waals surface area contributed by atoms with Gasteiger partial charge in [-0.1, -0.05) is 0 Å². The lowest BCUT2D eigenvalue weighted by atomic mass is 10.6. The van der Waals surface area contributed by atoms with Gasteiger partial charge in [-0.15, -0.1) is 0 Å². The van der Waals surface area contributed by atoms with Gasteiger partial charge in [0.05, 0.1) is 12.4 Å². The molecule has 74 valence electrons. The fourth-order valence-corrected chi connectivity index (χ4v) is 1.64. The summed E-state index contributed by atoms with van der Waals surface area (Å²) in [6, 6.07) is 0. The molecule has 0 unspecified atom stereocenters. The number of imidazole rings is 1. The summed E-state index contributed by atoms with van der Waals surface area (Å²) >= 11 is 0. The van der Waals surface area contributed by atoms with Crippen molar-refractivity contribution in [3.63, 3.8) is 0 Å². The summed E-state index contributed by atoms with van der Waals surface area (Å²) in [5.41, 5.74) is 0. The number of epoxide rings is 1. The van der Waals surface area contributed by atoms with Crippen molar-refractivity contribution < 1.29 is 19.1 Å². The van der Waals surface area contributed by atoms with Crippen LogP contribution in [0.3, 0.4) is 0 Å². The first-order valence-electron chi connectivity index (χ1n) is 3.65. The molecule has 0 spiro atoms. The van der Waals surface area contributed by atoms with E-state index >= 15 is 0 Å². The van der Waals surface area contributed by atoms with Crippen LogP contribution < -0.4 is 0 Å². The maximum atomic E-state index is 10.2. The molecule has 0 bridgehead atoms. The molecule has 2 rings (SSSR count). The van der Waals surface area contributed by atoms with E-state index in [9.17, 15) is 4.57 Å². The van der Waals surface area contributed by atoms with Crippen LogP contribution in [0.4, 0.5) is 0 Å². The molecule has 0 saturated carbocycles. The van der Waals surface area contributed by atoms with E-state index in [2.05, 4.69) is 14.7 Å². The molecule has 1 fully saturated rings. The monoisotopic (exact) mass is 206 g/mol. The normalized spacial score (nSPS) is 26.1. The first kappa shape index (κ1) is 10.4. The minimum Gasteiger partial charge on any atom is -0.356 e. The van der Waals surface area contributed by atoms with Crippen LogP contribution in [0.25, 0.3) is 0 Å². The average Bonchev–Trinajstić information content (AvgIpc) is 2.53. The molecule has 1 aromatic rings. The Kier molecular flexibility index (Phi) is 3.22. The lowest BCUT2D eigenvalue weighted by Crippen LogP contribution is -1.89. The molecule has 7 heteroatoms. The minimum absolute atomic E-state index is 0.254. The van der Waals surface area contributed by atoms with Gasteiger partial charge in [0.2, 0.25) is 0 Å². The molecule has 1 aliphatic heterocycles. The van der Waals surface area contributed by atoms with Gasteiger partial charge >= 0.3 is 7.60 Å². The molecule has 0 aliphatic carbocycles. The summed E-state index contributed by atoms with van der Waals surface area (Å²) < 4.78 is 14.7. The standard InChI is InChI=1S/C3H4N2.C3H7O4P/c1-2-5-3-4-1;1-2-3(7-2)8(4,5)6/h1-3H,(H,4,5);2-3H,1H3,(H2,4,5,6)/t;2-,3+/m.1/s1. The largest absolute Gasteiger partial charge is 0.356 e. The van der Waals surface area contributed by atoms with E-state index in [1.54, 1.807) is 25.6 Å². The molecule has 13 heavy (non-hydrogen) atoms. The van der Waals surface area contributed by atoms with Crippen LogP contribution in [0.15, 0.2) is 18.7 Å². The Labute approximate surface area is 75.1 Å². The SMILES string of the molecule is C[C@H]1O[C@H]1P(=O)(O)O.c1c[nH]cn1. The quantitative estimate of drug-likeness (QED) is 0.454. The van der Waals surface area contributed by atoms with Crippen molar-refractivity contribution in [2.24, 2.45) is 0 Å². The van der Waals surface area contributed by atoms with E-state index in [0.717, 1.165) is 0 Å². The van der Waals surface area contributed by atoms with Gasteiger partial charge in [-0.05, 0) is 6.92 Å². The molecule has 0 amide bonds. The van der Waals surface area contributed by atoms with E-state index in [1.165, 1.54) is 0 Å².